The third-order valence-electron chi connectivity index (χ3n) is 18.5. The van der Waals surface area contributed by atoms with Crippen LogP contribution in [0.25, 0.3) is 0 Å². The fourth-order valence-electron chi connectivity index (χ4n) is 12.5. The lowest BCUT2D eigenvalue weighted by molar-refractivity contribution is -0.359. The van der Waals surface area contributed by atoms with E-state index in [1.165, 1.54) is 257 Å². The van der Waals surface area contributed by atoms with Crippen LogP contribution in [0.4, 0.5) is 0 Å². The molecule has 0 saturated carbocycles. The molecule has 14 heteroatoms. The van der Waals surface area contributed by atoms with Crippen molar-refractivity contribution in [3.8, 4) is 0 Å². The van der Waals surface area contributed by atoms with E-state index in [0.29, 0.717) is 6.42 Å². The monoisotopic (exact) mass is 1280 g/mol. The zero-order valence-corrected chi connectivity index (χ0v) is 57.6. The smallest absolute Gasteiger partial charge is 0.220 e. The number of carbonyl (C=O) groups is 1. The molecule has 0 bridgehead atoms. The summed E-state index contributed by atoms with van der Waals surface area (Å²) in [5.74, 6) is -0.233. The quantitative estimate of drug-likeness (QED) is 0.0204. The summed E-state index contributed by atoms with van der Waals surface area (Å²) >= 11 is 0. The van der Waals surface area contributed by atoms with Crippen LogP contribution in [0.15, 0.2) is 48.6 Å². The highest BCUT2D eigenvalue weighted by Gasteiger charge is 2.51. The molecule has 12 atom stereocenters. The van der Waals surface area contributed by atoms with Gasteiger partial charge < -0.3 is 65.1 Å². The number of unbranched alkanes of at least 4 members (excludes halogenated alkanes) is 44. The highest BCUT2D eigenvalue weighted by Crippen LogP contribution is 2.30. The van der Waals surface area contributed by atoms with E-state index in [2.05, 4.69) is 55.6 Å². The summed E-state index contributed by atoms with van der Waals surface area (Å²) in [6, 6.07) is -0.915. The molecule has 2 fully saturated rings. The third kappa shape index (κ3) is 43.8. The summed E-state index contributed by atoms with van der Waals surface area (Å²) in [6.07, 6.45) is 63.2. The molecule has 0 aliphatic carbocycles. The molecule has 528 valence electrons. The number of rotatable bonds is 63. The Labute approximate surface area is 550 Å². The first-order valence-electron chi connectivity index (χ1n) is 37.9. The van der Waals surface area contributed by atoms with E-state index in [-0.39, 0.29) is 18.9 Å². The van der Waals surface area contributed by atoms with E-state index in [4.69, 9.17) is 18.9 Å². The summed E-state index contributed by atoms with van der Waals surface area (Å²) in [5.41, 5.74) is 0. The minimum atomic E-state index is -1.79. The van der Waals surface area contributed by atoms with E-state index in [9.17, 15) is 45.6 Å². The molecular weight excluding hydrogens is 1130 g/mol. The van der Waals surface area contributed by atoms with Gasteiger partial charge in [0.15, 0.2) is 12.6 Å². The van der Waals surface area contributed by atoms with Crippen molar-refractivity contribution in [3.05, 3.63) is 48.6 Å². The van der Waals surface area contributed by atoms with Gasteiger partial charge in [0.25, 0.3) is 0 Å². The van der Waals surface area contributed by atoms with Crippen LogP contribution >= 0.6 is 0 Å². The van der Waals surface area contributed by atoms with Crippen LogP contribution in [0.1, 0.15) is 335 Å². The number of aliphatic hydroxyl groups excluding tert-OH is 8. The van der Waals surface area contributed by atoms with Crippen LogP contribution in [0.5, 0.6) is 0 Å². The van der Waals surface area contributed by atoms with Gasteiger partial charge in [-0.25, -0.2) is 0 Å². The number of carbonyl (C=O) groups excluding carboxylic acids is 1. The highest BCUT2D eigenvalue weighted by atomic mass is 16.7. The van der Waals surface area contributed by atoms with E-state index in [1.54, 1.807) is 6.08 Å². The first-order chi connectivity index (χ1) is 44.1. The maximum Gasteiger partial charge on any atom is 0.220 e. The van der Waals surface area contributed by atoms with Gasteiger partial charge in [0.05, 0.1) is 32.0 Å². The molecule has 9 N–H and O–H groups in total. The molecule has 0 radical (unpaired) electrons. The number of amides is 1. The second kappa shape index (κ2) is 60.6. The maximum atomic E-state index is 13.4. The van der Waals surface area contributed by atoms with Gasteiger partial charge in [0.1, 0.15) is 48.8 Å². The first-order valence-corrected chi connectivity index (χ1v) is 37.9. The van der Waals surface area contributed by atoms with Crippen LogP contribution in [0.3, 0.4) is 0 Å². The second-order valence-corrected chi connectivity index (χ2v) is 26.8. The zero-order chi connectivity index (χ0) is 65.2. The summed E-state index contributed by atoms with van der Waals surface area (Å²) in [6.45, 7) is 2.84. The Hall–Kier alpha value is -2.05. The van der Waals surface area contributed by atoms with Gasteiger partial charge in [-0.15, -0.1) is 0 Å². The molecule has 1 amide bonds. The van der Waals surface area contributed by atoms with Gasteiger partial charge in [-0.1, -0.05) is 319 Å². The fourth-order valence-corrected chi connectivity index (χ4v) is 12.5. The molecule has 2 saturated heterocycles. The Balaban J connectivity index is 1.62. The lowest BCUT2D eigenvalue weighted by Crippen LogP contribution is -2.65. The number of hydrogen-bond acceptors (Lipinski definition) is 13. The topological polar surface area (TPSA) is 228 Å². The summed E-state index contributed by atoms with van der Waals surface area (Å²) in [7, 11) is 0. The molecule has 90 heavy (non-hydrogen) atoms. The Morgan fingerprint density at radius 1 is 0.400 bits per heavy atom. The van der Waals surface area contributed by atoms with Crippen LogP contribution < -0.4 is 5.32 Å². The van der Waals surface area contributed by atoms with Crippen molar-refractivity contribution in [1.29, 1.82) is 0 Å². The van der Waals surface area contributed by atoms with Crippen molar-refractivity contribution in [2.24, 2.45) is 0 Å². The van der Waals surface area contributed by atoms with Crippen LogP contribution in [-0.2, 0) is 23.7 Å². The van der Waals surface area contributed by atoms with Gasteiger partial charge in [0.2, 0.25) is 5.91 Å². The van der Waals surface area contributed by atoms with Crippen LogP contribution in [0.2, 0.25) is 0 Å². The van der Waals surface area contributed by atoms with Gasteiger partial charge >= 0.3 is 0 Å². The van der Waals surface area contributed by atoms with E-state index < -0.39 is 86.8 Å². The van der Waals surface area contributed by atoms with E-state index in [1.807, 2.05) is 6.08 Å². The molecule has 2 rings (SSSR count). The molecule has 12 unspecified atom stereocenters. The normalized spacial score (nSPS) is 23.1. The number of hydrogen-bond donors (Lipinski definition) is 9. The SMILES string of the molecule is CCCCCCC/C=C\C/C=C\C/C=C\CCCCCCCCCCCCCCCCCCCCCCC(=O)NC(COC1OC(CO)C(OC2OC(CO)C(O)C(O)C2O)C(O)C1O)C(O)/C=C/CCCCCCCCCCCCCCCCCCCCC. The van der Waals surface area contributed by atoms with Crippen molar-refractivity contribution in [2.75, 3.05) is 19.8 Å². The average molecular weight is 1280 g/mol. The average Bonchev–Trinajstić information content (AvgIpc) is 1.28. The Morgan fingerprint density at radius 2 is 0.733 bits per heavy atom. The Morgan fingerprint density at radius 3 is 1.12 bits per heavy atom. The van der Waals surface area contributed by atoms with E-state index >= 15 is 0 Å². The molecule has 0 aromatic rings. The van der Waals surface area contributed by atoms with Gasteiger partial charge in [-0.3, -0.25) is 4.79 Å². The molecule has 2 aliphatic heterocycles. The van der Waals surface area contributed by atoms with Gasteiger partial charge in [-0.2, -0.15) is 0 Å². The number of allylic oxidation sites excluding steroid dienone is 7. The predicted octanol–water partition coefficient (Wildman–Crippen LogP) is 16.2. The highest BCUT2D eigenvalue weighted by molar-refractivity contribution is 5.76. The molecule has 0 spiro atoms. The maximum absolute atomic E-state index is 13.4. The van der Waals surface area contributed by atoms with Crippen LogP contribution in [0, 0.1) is 0 Å². The van der Waals surface area contributed by atoms with Gasteiger partial charge in [0, 0.05) is 6.42 Å². The number of aliphatic hydroxyl groups is 8. The van der Waals surface area contributed by atoms with Crippen LogP contribution in [-0.4, -0.2) is 140 Å². The van der Waals surface area contributed by atoms with E-state index in [0.717, 1.165) is 51.4 Å². The molecule has 2 heterocycles. The largest absolute Gasteiger partial charge is 0.394 e. The fraction of sp³-hybridized carbons (Fsp3) is 0.882. The zero-order valence-electron chi connectivity index (χ0n) is 57.6. The molecule has 0 aromatic heterocycles. The summed E-state index contributed by atoms with van der Waals surface area (Å²) in [4.78, 5) is 13.4. The molecule has 2 aliphatic rings. The lowest BCUT2D eigenvalue weighted by atomic mass is 9.97. The number of ether oxygens (including phenoxy) is 4. The minimum absolute atomic E-state index is 0.233. The third-order valence-corrected chi connectivity index (χ3v) is 18.5. The Bertz CT molecular complexity index is 1690. The first kappa shape index (κ1) is 84.0. The van der Waals surface area contributed by atoms with Gasteiger partial charge in [-0.05, 0) is 57.8 Å². The van der Waals surface area contributed by atoms with Crippen molar-refractivity contribution >= 4 is 5.91 Å². The molecule has 14 nitrogen and oxygen atoms in total. The summed E-state index contributed by atoms with van der Waals surface area (Å²) < 4.78 is 22.9. The Kier molecular flexibility index (Phi) is 56.6. The van der Waals surface area contributed by atoms with Crippen molar-refractivity contribution in [3.63, 3.8) is 0 Å². The van der Waals surface area contributed by atoms with Crippen molar-refractivity contribution in [2.45, 2.75) is 408 Å². The standard InChI is InChI=1S/C76H141NO13/c1-3-5-7-9-11-13-15-17-19-21-23-25-26-27-28-29-30-31-32-33-34-35-36-37-38-40-42-44-46-48-50-52-54-56-58-60-68(81)77-64(65(80)59-57-55-53-51-49-47-45-43-41-39-24-22-20-18-16-14-12-10-8-6-4-2)63-87-75-73(86)71(84)74(67(62-79)89-75)90-76-72(85)70(83)69(82)66(61-78)88-76/h15,17,21,23,26-27,57,59,64-67,69-76,78-80,82-86H,3-14,16,18-20,22,24-25,28-56,58,60-63H2,1-2H3,(H,77,81)/b17-15-,23-21-,27-26-,59-57+. The van der Waals surface area contributed by atoms with Crippen molar-refractivity contribution in [1.82, 2.24) is 5.32 Å². The second-order valence-electron chi connectivity index (χ2n) is 26.8. The van der Waals surface area contributed by atoms with Crippen molar-refractivity contribution < 1.29 is 64.6 Å². The summed E-state index contributed by atoms with van der Waals surface area (Å²) in [5, 5.41) is 87.5. The molecular formula is C76H141NO13. The minimum Gasteiger partial charge on any atom is -0.394 e. The predicted molar refractivity (Wildman–Crippen MR) is 369 cm³/mol. The number of nitrogens with one attached hydrogen (secondary N) is 1. The molecule has 0 aromatic carbocycles. The lowest BCUT2D eigenvalue weighted by Gasteiger charge is -2.46.